The van der Waals surface area contributed by atoms with E-state index in [-0.39, 0.29) is 0 Å². The van der Waals surface area contributed by atoms with Crippen LogP contribution in [0.3, 0.4) is 0 Å². The zero-order valence-electron chi connectivity index (χ0n) is 16.0. The number of methoxy groups -OCH3 is 2. The number of nitrogens with zero attached hydrogens (tertiary/aromatic N) is 3. The molecule has 4 aromatic rings. The van der Waals surface area contributed by atoms with E-state index in [1.54, 1.807) is 25.6 Å². The first kappa shape index (κ1) is 19.5. The zero-order valence-corrected chi connectivity index (χ0v) is 17.6. The van der Waals surface area contributed by atoms with Crippen LogP contribution in [0.2, 0.25) is 0 Å². The van der Waals surface area contributed by atoms with Gasteiger partial charge in [0, 0.05) is 17.2 Å². The number of aromatic nitrogens is 3. The molecule has 0 spiro atoms. The molecular formula is C21H19N3O3S2. The molecule has 8 heteroatoms. The summed E-state index contributed by atoms with van der Waals surface area (Å²) in [7, 11) is 3.28. The molecule has 0 bridgehead atoms. The lowest BCUT2D eigenvalue weighted by atomic mass is 10.2. The van der Waals surface area contributed by atoms with Crippen LogP contribution in [0.1, 0.15) is 17.1 Å². The smallest absolute Gasteiger partial charge is 0.276 e. The largest absolute Gasteiger partial charge is 0.497 e. The molecule has 0 saturated carbocycles. The molecule has 0 radical (unpaired) electrons. The first-order valence-electron chi connectivity index (χ1n) is 8.91. The number of hydrogen-bond donors (Lipinski definition) is 0. The summed E-state index contributed by atoms with van der Waals surface area (Å²) in [5.74, 6) is 2.75. The highest BCUT2D eigenvalue weighted by Crippen LogP contribution is 2.35. The minimum atomic E-state index is 0.549. The van der Waals surface area contributed by atoms with Gasteiger partial charge in [0.15, 0.2) is 0 Å². The molecule has 0 unspecified atom stereocenters. The Bertz CT molecular complexity index is 1080. The lowest BCUT2D eigenvalue weighted by Gasteiger charge is -2.08. The van der Waals surface area contributed by atoms with Crippen molar-refractivity contribution >= 4 is 23.1 Å². The normalized spacial score (nSPS) is 10.8. The topological polar surface area (TPSA) is 70.3 Å². The summed E-state index contributed by atoms with van der Waals surface area (Å²) in [5.41, 5.74) is 3.04. The number of rotatable bonds is 8. The molecule has 2 aromatic carbocycles. The molecular weight excluding hydrogens is 406 g/mol. The minimum absolute atomic E-state index is 0.549. The molecule has 0 aliphatic carbocycles. The molecule has 0 aliphatic heterocycles. The highest BCUT2D eigenvalue weighted by Gasteiger charge is 2.13. The van der Waals surface area contributed by atoms with Gasteiger partial charge in [-0.1, -0.05) is 42.1 Å². The van der Waals surface area contributed by atoms with E-state index in [1.165, 1.54) is 11.8 Å². The highest BCUT2D eigenvalue weighted by molar-refractivity contribution is 7.98. The Morgan fingerprint density at radius 3 is 2.69 bits per heavy atom. The Balaban J connectivity index is 1.40. The molecule has 2 aromatic heterocycles. The quantitative estimate of drug-likeness (QED) is 0.364. The molecule has 6 nitrogen and oxygen atoms in total. The van der Waals surface area contributed by atoms with Crippen LogP contribution in [-0.4, -0.2) is 29.4 Å². The van der Waals surface area contributed by atoms with E-state index in [0.717, 1.165) is 33.3 Å². The maximum absolute atomic E-state index is 5.75. The van der Waals surface area contributed by atoms with Crippen molar-refractivity contribution in [1.82, 2.24) is 15.2 Å². The van der Waals surface area contributed by atoms with Gasteiger partial charge in [-0.15, -0.1) is 21.5 Å². The Kier molecular flexibility index (Phi) is 6.12. The van der Waals surface area contributed by atoms with Crippen LogP contribution in [0.5, 0.6) is 11.5 Å². The predicted octanol–water partition coefficient (Wildman–Crippen LogP) is 5.09. The number of thioether (sulfide) groups is 1. The third kappa shape index (κ3) is 4.78. The standard InChI is InChI=1S/C21H19N3O3S2/c1-25-16-8-9-17(18(11-16)26-2)20-22-15(12-28-20)13-29-21-24-23-19(27-21)10-14-6-4-3-5-7-14/h3-9,11-12H,10,13H2,1-2H3. The predicted molar refractivity (Wildman–Crippen MR) is 114 cm³/mol. The van der Waals surface area contributed by atoms with E-state index in [2.05, 4.69) is 10.2 Å². The summed E-state index contributed by atoms with van der Waals surface area (Å²) in [6, 6.07) is 15.8. The van der Waals surface area contributed by atoms with Gasteiger partial charge >= 0.3 is 0 Å². The molecule has 29 heavy (non-hydrogen) atoms. The van der Waals surface area contributed by atoms with Gasteiger partial charge < -0.3 is 13.9 Å². The van der Waals surface area contributed by atoms with E-state index in [4.69, 9.17) is 18.9 Å². The Morgan fingerprint density at radius 2 is 1.90 bits per heavy atom. The summed E-state index contributed by atoms with van der Waals surface area (Å²) in [4.78, 5) is 4.72. The van der Waals surface area contributed by atoms with Crippen LogP contribution in [-0.2, 0) is 12.2 Å². The molecule has 2 heterocycles. The van der Waals surface area contributed by atoms with Crippen molar-refractivity contribution in [2.45, 2.75) is 17.4 Å². The van der Waals surface area contributed by atoms with Gasteiger partial charge in [0.2, 0.25) is 5.89 Å². The fourth-order valence-electron chi connectivity index (χ4n) is 2.75. The molecule has 0 N–H and O–H groups in total. The number of ether oxygens (including phenoxy) is 2. The fraction of sp³-hybridized carbons (Fsp3) is 0.190. The van der Waals surface area contributed by atoms with E-state index in [1.807, 2.05) is 53.9 Å². The lowest BCUT2D eigenvalue weighted by molar-refractivity contribution is 0.395. The van der Waals surface area contributed by atoms with Crippen molar-refractivity contribution in [3.63, 3.8) is 0 Å². The van der Waals surface area contributed by atoms with Crippen molar-refractivity contribution in [3.8, 4) is 22.1 Å². The molecule has 4 rings (SSSR count). The van der Waals surface area contributed by atoms with Crippen LogP contribution < -0.4 is 9.47 Å². The molecule has 0 aliphatic rings. The molecule has 0 atom stereocenters. The van der Waals surface area contributed by atoms with Gasteiger partial charge in [-0.2, -0.15) is 0 Å². The summed E-state index contributed by atoms with van der Waals surface area (Å²) < 4.78 is 16.5. The average Bonchev–Trinajstić information content (AvgIpc) is 3.42. The summed E-state index contributed by atoms with van der Waals surface area (Å²) >= 11 is 3.06. The van der Waals surface area contributed by atoms with Crippen LogP contribution in [0.25, 0.3) is 10.6 Å². The van der Waals surface area contributed by atoms with Gasteiger partial charge in [0.1, 0.15) is 16.5 Å². The van der Waals surface area contributed by atoms with Crippen molar-refractivity contribution in [2.24, 2.45) is 0 Å². The van der Waals surface area contributed by atoms with E-state index in [0.29, 0.717) is 23.3 Å². The number of thiazole rings is 1. The first-order valence-corrected chi connectivity index (χ1v) is 10.8. The van der Waals surface area contributed by atoms with Crippen molar-refractivity contribution in [1.29, 1.82) is 0 Å². The molecule has 0 fully saturated rings. The van der Waals surface area contributed by atoms with Crippen LogP contribution in [0, 0.1) is 0 Å². The van der Waals surface area contributed by atoms with Gasteiger partial charge in [0.25, 0.3) is 5.22 Å². The number of hydrogen-bond acceptors (Lipinski definition) is 8. The Hall–Kier alpha value is -2.84. The lowest BCUT2D eigenvalue weighted by Crippen LogP contribution is -1.90. The maximum atomic E-state index is 5.75. The van der Waals surface area contributed by atoms with Crippen molar-refractivity contribution in [3.05, 3.63) is 71.1 Å². The van der Waals surface area contributed by atoms with Gasteiger partial charge in [-0.05, 0) is 17.7 Å². The van der Waals surface area contributed by atoms with Crippen LogP contribution in [0.4, 0.5) is 0 Å². The average molecular weight is 426 g/mol. The van der Waals surface area contributed by atoms with Gasteiger partial charge in [0.05, 0.1) is 31.9 Å². The fourth-order valence-corrected chi connectivity index (χ4v) is 4.37. The van der Waals surface area contributed by atoms with Crippen molar-refractivity contribution in [2.75, 3.05) is 14.2 Å². The second-order valence-electron chi connectivity index (χ2n) is 6.12. The SMILES string of the molecule is COc1ccc(-c2nc(CSc3nnc(Cc4ccccc4)o3)cs2)c(OC)c1. The summed E-state index contributed by atoms with van der Waals surface area (Å²) in [5, 5.41) is 11.7. The minimum Gasteiger partial charge on any atom is -0.497 e. The van der Waals surface area contributed by atoms with Crippen molar-refractivity contribution < 1.29 is 13.9 Å². The van der Waals surface area contributed by atoms with Crippen LogP contribution in [0.15, 0.2) is 63.6 Å². The molecule has 0 saturated heterocycles. The second-order valence-corrected chi connectivity index (χ2v) is 7.91. The third-order valence-corrected chi connectivity index (χ3v) is 5.96. The molecule has 148 valence electrons. The zero-order chi connectivity index (χ0) is 20.1. The molecule has 0 amide bonds. The monoisotopic (exact) mass is 425 g/mol. The highest BCUT2D eigenvalue weighted by atomic mass is 32.2. The maximum Gasteiger partial charge on any atom is 0.276 e. The Labute approximate surface area is 176 Å². The second kappa shape index (κ2) is 9.11. The van der Waals surface area contributed by atoms with Gasteiger partial charge in [-0.3, -0.25) is 0 Å². The summed E-state index contributed by atoms with van der Waals surface area (Å²) in [6.45, 7) is 0. The first-order chi connectivity index (χ1) is 14.2. The van der Waals surface area contributed by atoms with Crippen LogP contribution >= 0.6 is 23.1 Å². The number of benzene rings is 2. The van der Waals surface area contributed by atoms with E-state index >= 15 is 0 Å². The van der Waals surface area contributed by atoms with E-state index < -0.39 is 0 Å². The van der Waals surface area contributed by atoms with E-state index in [9.17, 15) is 0 Å². The summed E-state index contributed by atoms with van der Waals surface area (Å²) in [6.07, 6.45) is 0.631. The van der Waals surface area contributed by atoms with Gasteiger partial charge in [-0.25, -0.2) is 4.98 Å². The Morgan fingerprint density at radius 1 is 1.03 bits per heavy atom. The third-order valence-electron chi connectivity index (χ3n) is 4.18.